The molecule has 0 radical (unpaired) electrons. The Morgan fingerprint density at radius 1 is 0.804 bits per heavy atom. The van der Waals surface area contributed by atoms with Gasteiger partial charge < -0.3 is 0 Å². The average Bonchev–Trinajstić information content (AvgIpc) is 3.77. The van der Waals surface area contributed by atoms with Gasteiger partial charge in [-0.25, -0.2) is 0 Å². The van der Waals surface area contributed by atoms with Crippen molar-refractivity contribution in [1.82, 2.24) is 0 Å². The topological polar surface area (TPSA) is 26.3 Å². The molecule has 0 amide bonds. The first-order valence-electron chi connectivity index (χ1n) is 18.2. The fraction of sp³-hybridized carbons (Fsp3) is 0.600. The number of hydrogen-bond acceptors (Lipinski definition) is 4. The van der Waals surface area contributed by atoms with Gasteiger partial charge in [0.05, 0.1) is 0 Å². The quantitative estimate of drug-likeness (QED) is 0.0736. The maximum absolute atomic E-state index is 6.94. The molecule has 2 unspecified atom stereocenters. The molecule has 2 atom stereocenters. The van der Waals surface area contributed by atoms with Crippen LogP contribution in [0.2, 0.25) is 34.1 Å². The van der Waals surface area contributed by atoms with Crippen molar-refractivity contribution in [2.75, 3.05) is 6.26 Å². The van der Waals surface area contributed by atoms with Crippen LogP contribution in [-0.4, -0.2) is 43.0 Å². The molecule has 0 spiro atoms. The summed E-state index contributed by atoms with van der Waals surface area (Å²) in [4.78, 5) is 16.8. The van der Waals surface area contributed by atoms with Crippen LogP contribution in [0.3, 0.4) is 0 Å². The second-order valence-corrected chi connectivity index (χ2v) is 49.1. The van der Waals surface area contributed by atoms with E-state index in [0.29, 0.717) is 11.8 Å². The molecule has 1 aromatic carbocycles. The molecule has 0 N–H and O–H groups in total. The van der Waals surface area contributed by atoms with Crippen molar-refractivity contribution in [3.63, 3.8) is 0 Å². The Hall–Kier alpha value is -0.313. The molecular weight excluding hydrogens is 814 g/mol. The Labute approximate surface area is 298 Å². The summed E-state index contributed by atoms with van der Waals surface area (Å²) in [7, 11) is 0. The number of thioether (sulfide) groups is 1. The molecule has 0 aliphatic heterocycles. The number of rotatable bonds is 18. The summed E-state index contributed by atoms with van der Waals surface area (Å²) in [5.41, 5.74) is 4.20. The predicted molar refractivity (Wildman–Crippen MR) is 213 cm³/mol. The van der Waals surface area contributed by atoms with E-state index in [-0.39, 0.29) is 0 Å². The molecule has 0 saturated heterocycles. The summed E-state index contributed by atoms with van der Waals surface area (Å²) >= 11 is -0.496. The fourth-order valence-electron chi connectivity index (χ4n) is 6.68. The van der Waals surface area contributed by atoms with Crippen molar-refractivity contribution in [1.29, 1.82) is 0 Å². The van der Waals surface area contributed by atoms with E-state index < -0.39 is 36.8 Å². The fourth-order valence-corrected chi connectivity index (χ4v) is 16.8. The van der Waals surface area contributed by atoms with Gasteiger partial charge in [0, 0.05) is 0 Å². The molecule has 0 bridgehead atoms. The summed E-state index contributed by atoms with van der Waals surface area (Å²) in [5, 5.41) is 1.38. The molecule has 0 saturated carbocycles. The zero-order valence-corrected chi connectivity index (χ0v) is 38.3. The van der Waals surface area contributed by atoms with Crippen LogP contribution in [0.25, 0.3) is 32.7 Å². The maximum atomic E-state index is 6.94. The van der Waals surface area contributed by atoms with Crippen molar-refractivity contribution < 1.29 is 8.83 Å². The van der Waals surface area contributed by atoms with Gasteiger partial charge >= 0.3 is 294 Å². The second kappa shape index (κ2) is 17.1. The molecule has 4 rings (SSSR count). The van der Waals surface area contributed by atoms with Gasteiger partial charge in [0.1, 0.15) is 0 Å². The Balaban J connectivity index is 1.98. The van der Waals surface area contributed by atoms with Gasteiger partial charge in [0.25, 0.3) is 0 Å². The molecule has 0 aliphatic carbocycles. The normalized spacial score (nSPS) is 14.0. The number of fused-ring (bicyclic) bond motifs is 1. The third-order valence-corrected chi connectivity index (χ3v) is 26.1. The molecule has 0 aliphatic rings. The number of benzene rings is 1. The second-order valence-electron chi connectivity index (χ2n) is 15.8. The van der Waals surface area contributed by atoms with E-state index >= 15 is 0 Å². The van der Waals surface area contributed by atoms with E-state index in [1.54, 1.807) is 2.89 Å². The molecule has 2 nitrogen and oxygen atoms in total. The van der Waals surface area contributed by atoms with Gasteiger partial charge in [-0.05, 0) is 0 Å². The molecule has 4 aromatic rings. The van der Waals surface area contributed by atoms with E-state index in [1.165, 1.54) is 86.8 Å². The van der Waals surface area contributed by atoms with Crippen molar-refractivity contribution in [3.8, 4) is 22.6 Å². The van der Waals surface area contributed by atoms with Crippen LogP contribution in [0.15, 0.2) is 44.1 Å². The first-order chi connectivity index (χ1) is 21.8. The monoisotopic (exact) mass is 878 g/mol. The Bertz CT molecular complexity index is 1550. The number of unbranched alkanes of at least 4 members (excludes halogenated alkanes) is 2. The first kappa shape index (κ1) is 38.5. The van der Waals surface area contributed by atoms with Crippen molar-refractivity contribution in [2.24, 2.45) is 5.92 Å². The van der Waals surface area contributed by atoms with Crippen LogP contribution < -0.4 is 2.89 Å². The van der Waals surface area contributed by atoms with Gasteiger partial charge in [0.15, 0.2) is 0 Å². The number of thiophene rings is 1. The van der Waals surface area contributed by atoms with Crippen LogP contribution in [0, 0.1) is 5.92 Å². The van der Waals surface area contributed by atoms with Crippen molar-refractivity contribution in [3.05, 3.63) is 47.4 Å². The van der Waals surface area contributed by atoms with E-state index in [4.69, 9.17) is 8.83 Å². The molecule has 6 heteroatoms. The van der Waals surface area contributed by atoms with Crippen LogP contribution in [0.1, 0.15) is 102 Å². The molecule has 46 heavy (non-hydrogen) atoms. The van der Waals surface area contributed by atoms with E-state index in [1.807, 2.05) is 11.8 Å². The van der Waals surface area contributed by atoms with Crippen LogP contribution >= 0.6 is 23.1 Å². The predicted octanol–water partition coefficient (Wildman–Crippen LogP) is 14.0. The van der Waals surface area contributed by atoms with Gasteiger partial charge in [-0.2, -0.15) is 0 Å². The Morgan fingerprint density at radius 2 is 1.48 bits per heavy atom. The molecule has 0 fully saturated rings. The minimum atomic E-state index is -2.40. The summed E-state index contributed by atoms with van der Waals surface area (Å²) in [6.45, 7) is 9.24. The van der Waals surface area contributed by atoms with Gasteiger partial charge in [-0.15, -0.1) is 0 Å². The summed E-state index contributed by atoms with van der Waals surface area (Å²) in [5.74, 6) is 5.64. The number of hydrogen-bond donors (Lipinski definition) is 0. The van der Waals surface area contributed by atoms with Crippen LogP contribution in [0.4, 0.5) is 0 Å². The third kappa shape index (κ3) is 9.47. The zero-order chi connectivity index (χ0) is 33.6. The standard InChI is InChI=1S/C34H44O2S2.6CH3.2Sn/c1-7-12-14-23(9-3)22-25-16-17-29(35-25)32-27-20-21-38-34(27)31(26(11-5)33(32)37-6)30-19-18-28(36-30)24(10-4)15-13-8-2;;;;;;;;/h16-20,23-24H,5,7-15,22H2,1-4,6H3;6*1H3;;. The van der Waals surface area contributed by atoms with Crippen molar-refractivity contribution >= 4 is 72.8 Å². The first-order valence-corrected chi connectivity index (χ1v) is 40.8. The third-order valence-electron chi connectivity index (χ3n) is 9.72. The SMILES string of the molecule is CCCCC(CC)Cc1ccc(-c2c(SC)c(C[CH2][Sn]([CH3])([CH3])[CH3])c(-c3ccc(C(CC)CCCC)o3)c3s[c]([Sn]([CH3])([CH3])[CH3])cc23)o1. The average molecular weight is 876 g/mol. The van der Waals surface area contributed by atoms with Gasteiger partial charge in [-0.1, -0.05) is 6.92 Å². The molecule has 3 aromatic heterocycles. The van der Waals surface area contributed by atoms with Gasteiger partial charge in [0.2, 0.25) is 0 Å². The van der Waals surface area contributed by atoms with Gasteiger partial charge in [-0.3, -0.25) is 0 Å². The van der Waals surface area contributed by atoms with E-state index in [2.05, 4.69) is 105 Å². The zero-order valence-electron chi connectivity index (χ0n) is 31.0. The van der Waals surface area contributed by atoms with Crippen LogP contribution in [0.5, 0.6) is 0 Å². The number of furan rings is 2. The van der Waals surface area contributed by atoms with Crippen molar-refractivity contribution in [2.45, 2.75) is 137 Å². The summed E-state index contributed by atoms with van der Waals surface area (Å²) < 4.78 is 18.2. The minimum absolute atomic E-state index is 0.494. The molecule has 3 heterocycles. The Kier molecular flexibility index (Phi) is 14.3. The Morgan fingerprint density at radius 3 is 2.09 bits per heavy atom. The summed E-state index contributed by atoms with van der Waals surface area (Å²) in [6, 6.07) is 11.7. The van der Waals surface area contributed by atoms with E-state index in [9.17, 15) is 0 Å². The molecule has 254 valence electrons. The molecular formula is C40H62O2S2Sn2. The summed E-state index contributed by atoms with van der Waals surface area (Å²) in [6.07, 6.45) is 14.3. The van der Waals surface area contributed by atoms with E-state index in [0.717, 1.165) is 36.5 Å². The van der Waals surface area contributed by atoms with Crippen LogP contribution in [-0.2, 0) is 12.8 Å².